The van der Waals surface area contributed by atoms with E-state index in [2.05, 4.69) is 29.4 Å². The summed E-state index contributed by atoms with van der Waals surface area (Å²) < 4.78 is 5.89. The summed E-state index contributed by atoms with van der Waals surface area (Å²) in [4.78, 5) is 15.4. The second kappa shape index (κ2) is 14.4. The lowest BCUT2D eigenvalue weighted by Gasteiger charge is -2.08. The summed E-state index contributed by atoms with van der Waals surface area (Å²) in [7, 11) is 0. The van der Waals surface area contributed by atoms with Crippen LogP contribution in [0.3, 0.4) is 0 Å². The van der Waals surface area contributed by atoms with Crippen molar-refractivity contribution in [1.29, 1.82) is 0 Å². The molecule has 0 aliphatic carbocycles. The van der Waals surface area contributed by atoms with Crippen LogP contribution in [0.4, 0.5) is 0 Å². The number of aromatic nitrogens is 1. The molecule has 0 radical (unpaired) electrons. The van der Waals surface area contributed by atoms with E-state index >= 15 is 0 Å². The maximum Gasteiger partial charge on any atom is 0.252 e. The van der Waals surface area contributed by atoms with E-state index in [1.807, 2.05) is 36.4 Å². The van der Waals surface area contributed by atoms with Gasteiger partial charge in [0, 0.05) is 17.5 Å². The van der Waals surface area contributed by atoms with Gasteiger partial charge >= 0.3 is 0 Å². The summed E-state index contributed by atoms with van der Waals surface area (Å²) >= 11 is 0. The van der Waals surface area contributed by atoms with E-state index in [1.54, 1.807) is 0 Å². The second-order valence-electron chi connectivity index (χ2n) is 9.05. The molecular formula is C29H40N2O2. The van der Waals surface area contributed by atoms with Crippen LogP contribution in [0.1, 0.15) is 94.5 Å². The highest BCUT2D eigenvalue weighted by Gasteiger charge is 2.19. The van der Waals surface area contributed by atoms with Gasteiger partial charge in [-0.15, -0.1) is 0 Å². The zero-order chi connectivity index (χ0) is 23.1. The molecule has 0 fully saturated rings. The predicted octanol–water partition coefficient (Wildman–Crippen LogP) is 7.44. The molecule has 4 nitrogen and oxygen atoms in total. The van der Waals surface area contributed by atoms with E-state index in [1.165, 1.54) is 82.4 Å². The van der Waals surface area contributed by atoms with E-state index in [0.29, 0.717) is 18.1 Å². The minimum atomic E-state index is -0.142. The number of rotatable bonds is 16. The fraction of sp³-hybridized carbons (Fsp3) is 0.483. The molecule has 1 aliphatic heterocycles. The van der Waals surface area contributed by atoms with Crippen molar-refractivity contribution in [2.45, 2.75) is 90.6 Å². The Morgan fingerprint density at radius 1 is 0.818 bits per heavy atom. The smallest absolute Gasteiger partial charge is 0.252 e. The number of hydrogen-bond acceptors (Lipinski definition) is 2. The molecule has 0 bridgehead atoms. The molecular weight excluding hydrogens is 408 g/mol. The molecule has 3 rings (SSSR count). The van der Waals surface area contributed by atoms with Gasteiger partial charge in [-0.05, 0) is 36.6 Å². The number of hydrogen-bond donors (Lipinski definition) is 2. The lowest BCUT2D eigenvalue weighted by atomic mass is 10.0. The summed E-state index contributed by atoms with van der Waals surface area (Å²) in [6.07, 6.45) is 19.5. The number of amides is 1. The number of H-pyrrole nitrogens is 1. The topological polar surface area (TPSA) is 54.1 Å². The van der Waals surface area contributed by atoms with Crippen LogP contribution in [0.2, 0.25) is 0 Å². The number of carbonyl (C=O) groups is 1. The molecule has 33 heavy (non-hydrogen) atoms. The Kier molecular flexibility index (Phi) is 10.9. The van der Waals surface area contributed by atoms with Crippen molar-refractivity contribution < 1.29 is 9.53 Å². The van der Waals surface area contributed by atoms with Crippen LogP contribution in [0, 0.1) is 0 Å². The third kappa shape index (κ3) is 9.33. The van der Waals surface area contributed by atoms with Gasteiger partial charge in [0.15, 0.2) is 0 Å². The SMILES string of the molecule is CCCCCCCCCCCCCc1ccc(/C=C2\NC(=O)C=C2OCc2ccccc2)[nH]1. The zero-order valence-electron chi connectivity index (χ0n) is 20.2. The molecule has 2 heterocycles. The molecule has 0 spiro atoms. The van der Waals surface area contributed by atoms with Gasteiger partial charge in [0.05, 0.1) is 5.70 Å². The molecule has 1 aliphatic rings. The quantitative estimate of drug-likeness (QED) is 0.262. The standard InChI is InChI=1S/C29H40N2O2/c1-2-3-4-5-6-7-8-9-10-11-15-18-25-19-20-26(30-25)21-27-28(22-29(32)31-27)33-23-24-16-13-12-14-17-24/h12-14,16-17,19-22,30H,2-11,15,18,23H2,1H3,(H,31,32)/b27-21-. The summed E-state index contributed by atoms with van der Waals surface area (Å²) in [5.41, 5.74) is 4.02. The number of unbranched alkanes of at least 4 members (excludes halogenated alkanes) is 10. The van der Waals surface area contributed by atoms with Crippen LogP contribution in [-0.2, 0) is 22.6 Å². The average Bonchev–Trinajstić information content (AvgIpc) is 3.42. The maximum absolute atomic E-state index is 11.9. The van der Waals surface area contributed by atoms with Crippen LogP contribution >= 0.6 is 0 Å². The average molecular weight is 449 g/mol. The summed E-state index contributed by atoms with van der Waals surface area (Å²) in [6, 6.07) is 14.2. The van der Waals surface area contributed by atoms with E-state index < -0.39 is 0 Å². The monoisotopic (exact) mass is 448 g/mol. The van der Waals surface area contributed by atoms with Crippen LogP contribution in [0.25, 0.3) is 6.08 Å². The van der Waals surface area contributed by atoms with Gasteiger partial charge in [-0.1, -0.05) is 101 Å². The van der Waals surface area contributed by atoms with E-state index in [0.717, 1.165) is 17.7 Å². The lowest BCUT2D eigenvalue weighted by Crippen LogP contribution is -2.14. The fourth-order valence-corrected chi connectivity index (χ4v) is 4.21. The molecule has 2 N–H and O–H groups in total. The first-order chi connectivity index (χ1) is 16.2. The predicted molar refractivity (Wildman–Crippen MR) is 136 cm³/mol. The number of aryl methyl sites for hydroxylation is 1. The van der Waals surface area contributed by atoms with Crippen LogP contribution in [0.5, 0.6) is 0 Å². The van der Waals surface area contributed by atoms with Crippen molar-refractivity contribution in [3.8, 4) is 0 Å². The van der Waals surface area contributed by atoms with E-state index in [4.69, 9.17) is 4.74 Å². The molecule has 0 atom stereocenters. The Hall–Kier alpha value is -2.75. The molecule has 1 aromatic carbocycles. The summed E-state index contributed by atoms with van der Waals surface area (Å²) in [5.74, 6) is 0.447. The Labute approximate surface area is 199 Å². The third-order valence-corrected chi connectivity index (χ3v) is 6.14. The molecule has 0 saturated carbocycles. The maximum atomic E-state index is 11.9. The van der Waals surface area contributed by atoms with Crippen molar-refractivity contribution in [2.75, 3.05) is 0 Å². The molecule has 1 aromatic heterocycles. The number of carbonyl (C=O) groups excluding carboxylic acids is 1. The Bertz CT molecular complexity index is 895. The van der Waals surface area contributed by atoms with Gasteiger partial charge in [0.25, 0.3) is 5.91 Å². The van der Waals surface area contributed by atoms with Crippen LogP contribution < -0.4 is 5.32 Å². The van der Waals surface area contributed by atoms with E-state index in [-0.39, 0.29) is 5.91 Å². The number of benzene rings is 1. The second-order valence-corrected chi connectivity index (χ2v) is 9.05. The minimum absolute atomic E-state index is 0.142. The number of nitrogens with one attached hydrogen (secondary N) is 2. The first-order valence-electron chi connectivity index (χ1n) is 12.8. The van der Waals surface area contributed by atoms with Crippen LogP contribution in [-0.4, -0.2) is 10.9 Å². The van der Waals surface area contributed by atoms with Gasteiger partial charge in [-0.25, -0.2) is 0 Å². The molecule has 0 unspecified atom stereocenters. The first kappa shape index (κ1) is 24.9. The summed E-state index contributed by atoms with van der Waals surface area (Å²) in [5, 5.41) is 2.87. The number of ether oxygens (including phenoxy) is 1. The van der Waals surface area contributed by atoms with Gasteiger partial charge < -0.3 is 15.0 Å². The Morgan fingerprint density at radius 2 is 1.48 bits per heavy atom. The highest BCUT2D eigenvalue weighted by molar-refractivity contribution is 5.95. The first-order valence-corrected chi connectivity index (χ1v) is 12.8. The van der Waals surface area contributed by atoms with Gasteiger partial charge in [-0.2, -0.15) is 0 Å². The third-order valence-electron chi connectivity index (χ3n) is 6.14. The lowest BCUT2D eigenvalue weighted by molar-refractivity contribution is -0.115. The number of aromatic amines is 1. The van der Waals surface area contributed by atoms with Crippen molar-refractivity contribution >= 4 is 12.0 Å². The van der Waals surface area contributed by atoms with E-state index in [9.17, 15) is 4.79 Å². The van der Waals surface area contributed by atoms with Crippen LogP contribution in [0.15, 0.2) is 60.0 Å². The molecule has 1 amide bonds. The molecule has 0 saturated heterocycles. The van der Waals surface area contributed by atoms with Gasteiger partial charge in [0.1, 0.15) is 12.4 Å². The van der Waals surface area contributed by atoms with Crippen molar-refractivity contribution in [1.82, 2.24) is 10.3 Å². The van der Waals surface area contributed by atoms with Crippen molar-refractivity contribution in [3.05, 3.63) is 76.9 Å². The Balaban J connectivity index is 1.34. The molecule has 4 heteroatoms. The zero-order valence-corrected chi connectivity index (χ0v) is 20.2. The van der Waals surface area contributed by atoms with Gasteiger partial charge in [0.2, 0.25) is 0 Å². The molecule has 178 valence electrons. The normalized spacial score (nSPS) is 14.5. The highest BCUT2D eigenvalue weighted by atomic mass is 16.5. The largest absolute Gasteiger partial charge is 0.487 e. The van der Waals surface area contributed by atoms with Crippen molar-refractivity contribution in [2.24, 2.45) is 0 Å². The Morgan fingerprint density at radius 3 is 2.18 bits per heavy atom. The fourth-order valence-electron chi connectivity index (χ4n) is 4.21. The van der Waals surface area contributed by atoms with Gasteiger partial charge in [-0.3, -0.25) is 4.79 Å². The summed E-state index contributed by atoms with van der Waals surface area (Å²) in [6.45, 7) is 2.71. The highest BCUT2D eigenvalue weighted by Crippen LogP contribution is 2.20. The van der Waals surface area contributed by atoms with Crippen molar-refractivity contribution in [3.63, 3.8) is 0 Å². The minimum Gasteiger partial charge on any atom is -0.487 e. The molecule has 2 aromatic rings.